The SMILES string of the molecule is CN(C)C(=O)c1ccc(NC(=O)c2ccccc2-c2ncc(-c3ccccc3F)o2)cc1Cl. The number of oxazole rings is 1. The fourth-order valence-corrected chi connectivity index (χ4v) is 3.52. The van der Waals surface area contributed by atoms with Crippen molar-refractivity contribution in [2.24, 2.45) is 0 Å². The van der Waals surface area contributed by atoms with E-state index in [1.807, 2.05) is 0 Å². The Morgan fingerprint density at radius 2 is 1.67 bits per heavy atom. The number of anilines is 1. The Balaban J connectivity index is 1.61. The van der Waals surface area contributed by atoms with Gasteiger partial charge in [-0.3, -0.25) is 9.59 Å². The van der Waals surface area contributed by atoms with Crippen molar-refractivity contribution in [3.63, 3.8) is 0 Å². The lowest BCUT2D eigenvalue weighted by Crippen LogP contribution is -2.22. The second-order valence-corrected chi connectivity index (χ2v) is 7.81. The summed E-state index contributed by atoms with van der Waals surface area (Å²) in [6.07, 6.45) is 1.42. The summed E-state index contributed by atoms with van der Waals surface area (Å²) in [7, 11) is 3.26. The third-order valence-electron chi connectivity index (χ3n) is 4.91. The van der Waals surface area contributed by atoms with Crippen molar-refractivity contribution in [1.82, 2.24) is 9.88 Å². The van der Waals surface area contributed by atoms with Crippen molar-refractivity contribution < 1.29 is 18.4 Å². The Hall–Kier alpha value is -3.97. The van der Waals surface area contributed by atoms with Gasteiger partial charge in [-0.05, 0) is 42.5 Å². The van der Waals surface area contributed by atoms with Gasteiger partial charge in [-0.15, -0.1) is 0 Å². The number of rotatable bonds is 5. The summed E-state index contributed by atoms with van der Waals surface area (Å²) in [5, 5.41) is 3.00. The highest BCUT2D eigenvalue weighted by Gasteiger charge is 2.19. The number of benzene rings is 3. The largest absolute Gasteiger partial charge is 0.436 e. The highest BCUT2D eigenvalue weighted by Crippen LogP contribution is 2.30. The van der Waals surface area contributed by atoms with E-state index in [9.17, 15) is 14.0 Å². The lowest BCUT2D eigenvalue weighted by molar-refractivity contribution is 0.0827. The average Bonchev–Trinajstić information content (AvgIpc) is 3.29. The molecule has 4 rings (SSSR count). The number of halogens is 2. The molecule has 0 spiro atoms. The summed E-state index contributed by atoms with van der Waals surface area (Å²) in [6.45, 7) is 0. The molecule has 0 bridgehead atoms. The molecule has 3 aromatic carbocycles. The molecule has 1 N–H and O–H groups in total. The molecule has 0 fully saturated rings. The van der Waals surface area contributed by atoms with E-state index in [-0.39, 0.29) is 28.1 Å². The molecule has 0 saturated carbocycles. The van der Waals surface area contributed by atoms with E-state index >= 15 is 0 Å². The molecule has 0 aliphatic rings. The second kappa shape index (κ2) is 9.26. The van der Waals surface area contributed by atoms with Gasteiger partial charge in [-0.25, -0.2) is 9.37 Å². The van der Waals surface area contributed by atoms with Crippen LogP contribution < -0.4 is 5.32 Å². The Kier molecular flexibility index (Phi) is 6.24. The number of hydrogen-bond donors (Lipinski definition) is 1. The maximum atomic E-state index is 14.1. The van der Waals surface area contributed by atoms with Crippen LogP contribution in [0, 0.1) is 5.82 Å². The number of carbonyl (C=O) groups is 2. The number of nitrogens with zero attached hydrogens (tertiary/aromatic N) is 2. The van der Waals surface area contributed by atoms with Crippen LogP contribution in [0.4, 0.5) is 10.1 Å². The first-order valence-electron chi connectivity index (χ1n) is 9.98. The number of aromatic nitrogens is 1. The number of nitrogens with one attached hydrogen (secondary N) is 1. The Bertz CT molecular complexity index is 1350. The van der Waals surface area contributed by atoms with E-state index in [2.05, 4.69) is 10.3 Å². The minimum atomic E-state index is -0.431. The number of amides is 2. The molecular formula is C25H19ClFN3O3. The molecule has 0 unspecified atom stereocenters. The minimum Gasteiger partial charge on any atom is -0.436 e. The zero-order valence-corrected chi connectivity index (χ0v) is 18.6. The van der Waals surface area contributed by atoms with Gasteiger partial charge in [-0.2, -0.15) is 0 Å². The summed E-state index contributed by atoms with van der Waals surface area (Å²) in [4.78, 5) is 30.8. The van der Waals surface area contributed by atoms with E-state index in [0.717, 1.165) is 0 Å². The topological polar surface area (TPSA) is 75.4 Å². The maximum absolute atomic E-state index is 14.1. The van der Waals surface area contributed by atoms with Gasteiger partial charge in [0.25, 0.3) is 11.8 Å². The van der Waals surface area contributed by atoms with Crippen LogP contribution >= 0.6 is 11.6 Å². The fourth-order valence-electron chi connectivity index (χ4n) is 3.26. The van der Waals surface area contributed by atoms with Gasteiger partial charge in [-0.1, -0.05) is 35.9 Å². The Morgan fingerprint density at radius 1 is 0.970 bits per heavy atom. The molecule has 33 heavy (non-hydrogen) atoms. The highest BCUT2D eigenvalue weighted by molar-refractivity contribution is 6.34. The van der Waals surface area contributed by atoms with Crippen LogP contribution in [0.5, 0.6) is 0 Å². The van der Waals surface area contributed by atoms with Crippen molar-refractivity contribution in [1.29, 1.82) is 0 Å². The van der Waals surface area contributed by atoms with Crippen LogP contribution in [-0.2, 0) is 0 Å². The average molecular weight is 464 g/mol. The van der Waals surface area contributed by atoms with Crippen LogP contribution in [0.2, 0.25) is 5.02 Å². The zero-order valence-electron chi connectivity index (χ0n) is 17.8. The van der Waals surface area contributed by atoms with Gasteiger partial charge in [0.1, 0.15) is 5.82 Å². The normalized spacial score (nSPS) is 10.7. The maximum Gasteiger partial charge on any atom is 0.256 e. The van der Waals surface area contributed by atoms with Crippen molar-refractivity contribution in [2.45, 2.75) is 0 Å². The summed E-state index contributed by atoms with van der Waals surface area (Å²) >= 11 is 6.24. The predicted octanol–water partition coefficient (Wildman–Crippen LogP) is 5.76. The van der Waals surface area contributed by atoms with Crippen LogP contribution in [-0.4, -0.2) is 35.8 Å². The van der Waals surface area contributed by atoms with Gasteiger partial charge in [0.05, 0.1) is 27.9 Å². The van der Waals surface area contributed by atoms with E-state index in [4.69, 9.17) is 16.0 Å². The Morgan fingerprint density at radius 3 is 2.36 bits per heavy atom. The molecule has 0 aliphatic heterocycles. The van der Waals surface area contributed by atoms with E-state index in [1.54, 1.807) is 68.7 Å². The van der Waals surface area contributed by atoms with Crippen LogP contribution in [0.3, 0.4) is 0 Å². The van der Waals surface area contributed by atoms with E-state index in [1.165, 1.54) is 23.2 Å². The molecule has 0 aliphatic carbocycles. The molecular weight excluding hydrogens is 445 g/mol. The molecule has 166 valence electrons. The van der Waals surface area contributed by atoms with Crippen LogP contribution in [0.1, 0.15) is 20.7 Å². The van der Waals surface area contributed by atoms with Crippen molar-refractivity contribution >= 4 is 29.1 Å². The quantitative estimate of drug-likeness (QED) is 0.408. The summed E-state index contributed by atoms with van der Waals surface area (Å²) in [6, 6.07) is 17.7. The first-order valence-corrected chi connectivity index (χ1v) is 10.4. The second-order valence-electron chi connectivity index (χ2n) is 7.40. The van der Waals surface area contributed by atoms with E-state index < -0.39 is 11.7 Å². The fraction of sp³-hybridized carbons (Fsp3) is 0.0800. The van der Waals surface area contributed by atoms with Crippen molar-refractivity contribution in [3.05, 3.63) is 94.9 Å². The third kappa shape index (κ3) is 4.63. The molecule has 2 amide bonds. The Labute approximate surface area is 194 Å². The number of hydrogen-bond acceptors (Lipinski definition) is 4. The lowest BCUT2D eigenvalue weighted by atomic mass is 10.1. The van der Waals surface area contributed by atoms with Crippen LogP contribution in [0.25, 0.3) is 22.8 Å². The summed E-state index contributed by atoms with van der Waals surface area (Å²) in [5.41, 5.74) is 1.79. The molecule has 0 saturated heterocycles. The molecule has 1 heterocycles. The summed E-state index contributed by atoms with van der Waals surface area (Å²) < 4.78 is 19.9. The zero-order chi connectivity index (χ0) is 23.5. The number of carbonyl (C=O) groups excluding carboxylic acids is 2. The molecule has 8 heteroatoms. The standard InChI is InChI=1S/C25H19ClFN3O3/c1-30(2)25(32)18-12-11-15(13-20(18)26)29-23(31)16-7-3-4-8-17(16)24-28-14-22(33-24)19-9-5-6-10-21(19)27/h3-14H,1-2H3,(H,29,31). The molecule has 4 aromatic rings. The van der Waals surface area contributed by atoms with Crippen molar-refractivity contribution in [2.75, 3.05) is 19.4 Å². The lowest BCUT2D eigenvalue weighted by Gasteiger charge is -2.13. The van der Waals surface area contributed by atoms with Gasteiger partial charge in [0.15, 0.2) is 5.76 Å². The first kappa shape index (κ1) is 22.2. The summed E-state index contributed by atoms with van der Waals surface area (Å²) in [5.74, 6) is -0.647. The minimum absolute atomic E-state index is 0.184. The van der Waals surface area contributed by atoms with Gasteiger partial charge < -0.3 is 14.6 Å². The highest BCUT2D eigenvalue weighted by atomic mass is 35.5. The smallest absolute Gasteiger partial charge is 0.256 e. The van der Waals surface area contributed by atoms with Gasteiger partial charge in [0.2, 0.25) is 5.89 Å². The predicted molar refractivity (Wildman–Crippen MR) is 125 cm³/mol. The molecule has 0 atom stereocenters. The van der Waals surface area contributed by atoms with Crippen molar-refractivity contribution in [3.8, 4) is 22.8 Å². The molecule has 0 radical (unpaired) electrons. The monoisotopic (exact) mass is 463 g/mol. The van der Waals surface area contributed by atoms with E-state index in [0.29, 0.717) is 22.4 Å². The van der Waals surface area contributed by atoms with Crippen LogP contribution in [0.15, 0.2) is 77.3 Å². The molecule has 6 nitrogen and oxygen atoms in total. The molecule has 1 aromatic heterocycles. The van der Waals surface area contributed by atoms with Gasteiger partial charge in [0, 0.05) is 25.3 Å². The first-order chi connectivity index (χ1) is 15.8. The third-order valence-corrected chi connectivity index (χ3v) is 5.22. The van der Waals surface area contributed by atoms with Gasteiger partial charge >= 0.3 is 0 Å².